The van der Waals surface area contributed by atoms with E-state index in [0.29, 0.717) is 0 Å². The summed E-state index contributed by atoms with van der Waals surface area (Å²) in [5.41, 5.74) is 6.69. The molecule has 0 aliphatic rings. The van der Waals surface area contributed by atoms with Crippen LogP contribution in [0.3, 0.4) is 0 Å². The van der Waals surface area contributed by atoms with Gasteiger partial charge in [0.15, 0.2) is 5.82 Å². The molecule has 0 atom stereocenters. The number of nitrogens with one attached hydrogen (secondary N) is 1. The predicted octanol–water partition coefficient (Wildman–Crippen LogP) is 5.97. The molecule has 3 heteroatoms. The minimum atomic E-state index is 0.783. The maximum absolute atomic E-state index is 4.54. The summed E-state index contributed by atoms with van der Waals surface area (Å²) in [6.07, 6.45) is 0. The van der Waals surface area contributed by atoms with Crippen LogP contribution >= 0.6 is 0 Å². The molecule has 0 aliphatic carbocycles. The molecule has 0 aliphatic heterocycles. The predicted molar refractivity (Wildman–Crippen MR) is 109 cm³/mol. The molecule has 0 amide bonds. The van der Waals surface area contributed by atoms with Crippen LogP contribution in [0.4, 0.5) is 11.5 Å². The van der Waals surface area contributed by atoms with Gasteiger partial charge in [-0.25, -0.2) is 0 Å². The van der Waals surface area contributed by atoms with E-state index in [1.807, 2.05) is 12.1 Å². The van der Waals surface area contributed by atoms with Gasteiger partial charge in [0.25, 0.3) is 0 Å². The summed E-state index contributed by atoms with van der Waals surface area (Å²) in [5, 5.41) is 14.7. The molecule has 0 fully saturated rings. The average Bonchev–Trinajstić information content (AvgIpc) is 2.66. The molecule has 0 bridgehead atoms. The monoisotopic (exact) mass is 339 g/mol. The first-order chi connectivity index (χ1) is 12.6. The van der Waals surface area contributed by atoms with Gasteiger partial charge >= 0.3 is 0 Å². The van der Waals surface area contributed by atoms with Gasteiger partial charge in [0.05, 0.1) is 0 Å². The van der Waals surface area contributed by atoms with E-state index in [9.17, 15) is 0 Å². The Labute approximate surface area is 153 Å². The van der Waals surface area contributed by atoms with E-state index in [4.69, 9.17) is 0 Å². The molecule has 0 radical (unpaired) electrons. The highest BCUT2D eigenvalue weighted by Crippen LogP contribution is 2.31. The molecule has 0 saturated carbocycles. The van der Waals surface area contributed by atoms with Crippen molar-refractivity contribution in [2.75, 3.05) is 5.32 Å². The average molecular weight is 339 g/mol. The number of aromatic nitrogens is 2. The first-order valence-electron chi connectivity index (χ1n) is 8.78. The maximum Gasteiger partial charge on any atom is 0.161 e. The van der Waals surface area contributed by atoms with E-state index in [2.05, 4.69) is 90.9 Å². The Bertz CT molecular complexity index is 1080. The summed E-state index contributed by atoms with van der Waals surface area (Å²) in [4.78, 5) is 0. The standard InChI is InChI=1S/C23H21N3/c1-15-9-12-18(13-10-15)22-19-6-4-5-7-20(19)23(26-25-22)24-21-14-16(2)8-11-17(21)3/h4-14H,1-3H3,(H,24,26). The van der Waals surface area contributed by atoms with Gasteiger partial charge in [0, 0.05) is 22.0 Å². The molecule has 4 rings (SSSR count). The number of nitrogens with zero attached hydrogens (tertiary/aromatic N) is 2. The Hall–Kier alpha value is -3.20. The summed E-state index contributed by atoms with van der Waals surface area (Å²) in [6, 6.07) is 23.1. The highest BCUT2D eigenvalue weighted by Gasteiger charge is 2.11. The SMILES string of the molecule is Cc1ccc(-c2nnc(Nc3cc(C)ccc3C)c3ccccc23)cc1. The Morgan fingerprint density at radius 1 is 0.692 bits per heavy atom. The van der Waals surface area contributed by atoms with E-state index in [-0.39, 0.29) is 0 Å². The first kappa shape index (κ1) is 16.3. The number of hydrogen-bond acceptors (Lipinski definition) is 3. The molecule has 0 spiro atoms. The van der Waals surface area contributed by atoms with Gasteiger partial charge in [0.1, 0.15) is 5.69 Å². The van der Waals surface area contributed by atoms with Gasteiger partial charge in [0.2, 0.25) is 0 Å². The van der Waals surface area contributed by atoms with Crippen LogP contribution in [-0.4, -0.2) is 10.2 Å². The zero-order valence-corrected chi connectivity index (χ0v) is 15.2. The third kappa shape index (κ3) is 3.04. The van der Waals surface area contributed by atoms with Crippen molar-refractivity contribution < 1.29 is 0 Å². The van der Waals surface area contributed by atoms with E-state index in [1.165, 1.54) is 16.7 Å². The van der Waals surface area contributed by atoms with Crippen molar-refractivity contribution >= 4 is 22.3 Å². The summed E-state index contributed by atoms with van der Waals surface area (Å²) in [7, 11) is 0. The number of hydrogen-bond donors (Lipinski definition) is 1. The molecule has 1 aromatic heterocycles. The topological polar surface area (TPSA) is 37.8 Å². The van der Waals surface area contributed by atoms with Crippen LogP contribution in [0.15, 0.2) is 66.7 Å². The molecular weight excluding hydrogens is 318 g/mol. The molecular formula is C23H21N3. The fourth-order valence-electron chi connectivity index (χ4n) is 3.12. The molecule has 3 nitrogen and oxygen atoms in total. The summed E-state index contributed by atoms with van der Waals surface area (Å²) in [5.74, 6) is 0.783. The highest BCUT2D eigenvalue weighted by atomic mass is 15.2. The van der Waals surface area contributed by atoms with Crippen LogP contribution in [0, 0.1) is 20.8 Å². The Balaban J connectivity index is 1.84. The van der Waals surface area contributed by atoms with Crippen LogP contribution < -0.4 is 5.32 Å². The number of fused-ring (bicyclic) bond motifs is 1. The normalized spacial score (nSPS) is 10.9. The van der Waals surface area contributed by atoms with Crippen molar-refractivity contribution in [1.29, 1.82) is 0 Å². The zero-order valence-electron chi connectivity index (χ0n) is 15.2. The highest BCUT2D eigenvalue weighted by molar-refractivity contribution is 6.00. The first-order valence-corrected chi connectivity index (χ1v) is 8.78. The molecule has 3 aromatic carbocycles. The molecule has 1 N–H and O–H groups in total. The van der Waals surface area contributed by atoms with Crippen LogP contribution in [0.2, 0.25) is 0 Å². The number of rotatable bonds is 3. The number of benzene rings is 3. The van der Waals surface area contributed by atoms with E-state index < -0.39 is 0 Å². The third-order valence-electron chi connectivity index (χ3n) is 4.66. The second-order valence-corrected chi connectivity index (χ2v) is 6.75. The summed E-state index contributed by atoms with van der Waals surface area (Å²) in [6.45, 7) is 6.28. The fourth-order valence-corrected chi connectivity index (χ4v) is 3.12. The second kappa shape index (κ2) is 6.60. The van der Waals surface area contributed by atoms with Gasteiger partial charge in [-0.1, -0.05) is 66.2 Å². The van der Waals surface area contributed by atoms with Gasteiger partial charge in [-0.05, 0) is 38.0 Å². The molecule has 26 heavy (non-hydrogen) atoms. The van der Waals surface area contributed by atoms with Crippen LogP contribution in [0.5, 0.6) is 0 Å². The zero-order chi connectivity index (χ0) is 18.1. The van der Waals surface area contributed by atoms with Crippen LogP contribution in [0.25, 0.3) is 22.0 Å². The van der Waals surface area contributed by atoms with Crippen LogP contribution in [0.1, 0.15) is 16.7 Å². The summed E-state index contributed by atoms with van der Waals surface area (Å²) >= 11 is 0. The lowest BCUT2D eigenvalue weighted by atomic mass is 10.0. The summed E-state index contributed by atoms with van der Waals surface area (Å²) < 4.78 is 0. The molecule has 0 saturated heterocycles. The third-order valence-corrected chi connectivity index (χ3v) is 4.66. The van der Waals surface area contributed by atoms with Gasteiger partial charge in [-0.3, -0.25) is 0 Å². The second-order valence-electron chi connectivity index (χ2n) is 6.75. The van der Waals surface area contributed by atoms with Crippen molar-refractivity contribution in [3.63, 3.8) is 0 Å². The smallest absolute Gasteiger partial charge is 0.161 e. The number of aryl methyl sites for hydroxylation is 3. The van der Waals surface area contributed by atoms with Gasteiger partial charge in [-0.2, -0.15) is 0 Å². The van der Waals surface area contributed by atoms with Crippen molar-refractivity contribution in [3.8, 4) is 11.3 Å². The molecule has 0 unspecified atom stereocenters. The fraction of sp³-hybridized carbons (Fsp3) is 0.130. The van der Waals surface area contributed by atoms with E-state index in [1.54, 1.807) is 0 Å². The van der Waals surface area contributed by atoms with Crippen molar-refractivity contribution in [2.45, 2.75) is 20.8 Å². The van der Waals surface area contributed by atoms with Crippen molar-refractivity contribution in [3.05, 3.63) is 83.4 Å². The van der Waals surface area contributed by atoms with E-state index >= 15 is 0 Å². The van der Waals surface area contributed by atoms with Gasteiger partial charge in [-0.15, -0.1) is 10.2 Å². The Morgan fingerprint density at radius 2 is 1.38 bits per heavy atom. The Morgan fingerprint density at radius 3 is 2.15 bits per heavy atom. The molecule has 1 heterocycles. The lowest BCUT2D eigenvalue weighted by Gasteiger charge is -2.13. The van der Waals surface area contributed by atoms with Crippen molar-refractivity contribution in [1.82, 2.24) is 10.2 Å². The van der Waals surface area contributed by atoms with Gasteiger partial charge < -0.3 is 5.32 Å². The number of anilines is 2. The Kier molecular flexibility index (Phi) is 4.13. The quantitative estimate of drug-likeness (QED) is 0.500. The lowest BCUT2D eigenvalue weighted by Crippen LogP contribution is -2.00. The van der Waals surface area contributed by atoms with E-state index in [0.717, 1.165) is 33.5 Å². The van der Waals surface area contributed by atoms with Crippen molar-refractivity contribution in [2.24, 2.45) is 0 Å². The maximum atomic E-state index is 4.54. The minimum Gasteiger partial charge on any atom is -0.338 e. The minimum absolute atomic E-state index is 0.783. The molecule has 4 aromatic rings. The largest absolute Gasteiger partial charge is 0.338 e. The van der Waals surface area contributed by atoms with Crippen LogP contribution in [-0.2, 0) is 0 Å². The lowest BCUT2D eigenvalue weighted by molar-refractivity contribution is 1.06. The molecule has 128 valence electrons.